The number of nitrogens with two attached hydrogens (primary N) is 1. The lowest BCUT2D eigenvalue weighted by molar-refractivity contribution is 0.102. The molecule has 2 aromatic rings. The van der Waals surface area contributed by atoms with Gasteiger partial charge >= 0.3 is 0 Å². The van der Waals surface area contributed by atoms with Crippen molar-refractivity contribution in [3.05, 3.63) is 42.0 Å². The maximum atomic E-state index is 12.2. The molecule has 0 aliphatic carbocycles. The predicted octanol–water partition coefficient (Wildman–Crippen LogP) is 2.24. The number of nitrogens with one attached hydrogen (secondary N) is 1. The summed E-state index contributed by atoms with van der Waals surface area (Å²) in [7, 11) is 3.02. The lowest BCUT2D eigenvalue weighted by atomic mass is 10.1. The molecule has 110 valence electrons. The van der Waals surface area contributed by atoms with E-state index in [0.29, 0.717) is 11.5 Å². The van der Waals surface area contributed by atoms with Crippen LogP contribution in [0.3, 0.4) is 0 Å². The van der Waals surface area contributed by atoms with Crippen LogP contribution in [-0.4, -0.2) is 25.2 Å². The average molecular weight is 288 g/mol. The van der Waals surface area contributed by atoms with Gasteiger partial charge in [0, 0.05) is 17.8 Å². The summed E-state index contributed by atoms with van der Waals surface area (Å²) in [5.41, 5.74) is 6.64. The fraction of sp³-hybridized carbons (Fsp3) is 0.133. The summed E-state index contributed by atoms with van der Waals surface area (Å²) >= 11 is 0. The summed E-state index contributed by atoms with van der Waals surface area (Å²) in [5, 5.41) is 12.3. The molecule has 0 heterocycles. The predicted molar refractivity (Wildman–Crippen MR) is 80.0 cm³/mol. The number of phenols is 1. The van der Waals surface area contributed by atoms with Crippen LogP contribution in [0.1, 0.15) is 10.4 Å². The molecular weight excluding hydrogens is 272 g/mol. The molecule has 2 aromatic carbocycles. The Morgan fingerprint density at radius 3 is 2.33 bits per heavy atom. The molecule has 0 radical (unpaired) electrons. The molecule has 0 aromatic heterocycles. The van der Waals surface area contributed by atoms with Crippen LogP contribution >= 0.6 is 0 Å². The summed E-state index contributed by atoms with van der Waals surface area (Å²) in [6.07, 6.45) is 0. The minimum absolute atomic E-state index is 0.0590. The highest BCUT2D eigenvalue weighted by Gasteiger charge is 2.13. The normalized spacial score (nSPS) is 10.0. The van der Waals surface area contributed by atoms with Crippen molar-refractivity contribution in [1.82, 2.24) is 0 Å². The second-order valence-corrected chi connectivity index (χ2v) is 4.29. The lowest BCUT2D eigenvalue weighted by Crippen LogP contribution is -2.14. The molecule has 2 rings (SSSR count). The number of amides is 1. The maximum Gasteiger partial charge on any atom is 0.257 e. The van der Waals surface area contributed by atoms with Crippen LogP contribution in [-0.2, 0) is 0 Å². The molecule has 1 amide bonds. The largest absolute Gasteiger partial charge is 0.506 e. The van der Waals surface area contributed by atoms with Gasteiger partial charge < -0.3 is 25.6 Å². The van der Waals surface area contributed by atoms with E-state index in [1.807, 2.05) is 0 Å². The second kappa shape index (κ2) is 6.04. The number of anilines is 2. The number of hydrogen-bond acceptors (Lipinski definition) is 5. The van der Waals surface area contributed by atoms with Gasteiger partial charge in [0.05, 0.1) is 25.5 Å². The highest BCUT2D eigenvalue weighted by Crippen LogP contribution is 2.29. The lowest BCUT2D eigenvalue weighted by Gasteiger charge is -2.11. The van der Waals surface area contributed by atoms with Gasteiger partial charge in [0.2, 0.25) is 0 Å². The minimum Gasteiger partial charge on any atom is -0.506 e. The Balaban J connectivity index is 2.26. The number of methoxy groups -OCH3 is 2. The summed E-state index contributed by atoms with van der Waals surface area (Å²) in [6, 6.07) is 9.29. The number of benzene rings is 2. The molecule has 0 bridgehead atoms. The second-order valence-electron chi connectivity index (χ2n) is 4.29. The standard InChI is InChI=1S/C15H16N2O4/c1-20-9-3-5-11(12(16)7-9)15(19)17-13-8-10(21-2)4-6-14(13)18/h3-8,18H,16H2,1-2H3,(H,17,19). The monoisotopic (exact) mass is 288 g/mol. The van der Waals surface area contributed by atoms with Crippen molar-refractivity contribution in [3.63, 3.8) is 0 Å². The zero-order valence-electron chi connectivity index (χ0n) is 11.7. The topological polar surface area (TPSA) is 93.8 Å². The van der Waals surface area contributed by atoms with Crippen molar-refractivity contribution in [2.45, 2.75) is 0 Å². The number of phenolic OH excluding ortho intramolecular Hbond substituents is 1. The molecule has 6 nitrogen and oxygen atoms in total. The van der Waals surface area contributed by atoms with Crippen LogP contribution in [0, 0.1) is 0 Å². The number of ether oxygens (including phenoxy) is 2. The molecule has 6 heteroatoms. The molecule has 0 saturated carbocycles. The summed E-state index contributed by atoms with van der Waals surface area (Å²) in [4.78, 5) is 12.2. The minimum atomic E-state index is -0.432. The van der Waals surface area contributed by atoms with Gasteiger partial charge in [-0.15, -0.1) is 0 Å². The van der Waals surface area contributed by atoms with Crippen molar-refractivity contribution in [1.29, 1.82) is 0 Å². The van der Waals surface area contributed by atoms with Gasteiger partial charge in [-0.3, -0.25) is 4.79 Å². The molecular formula is C15H16N2O4. The van der Waals surface area contributed by atoms with Crippen LogP contribution in [0.4, 0.5) is 11.4 Å². The first-order valence-electron chi connectivity index (χ1n) is 6.17. The van der Waals surface area contributed by atoms with E-state index >= 15 is 0 Å². The van der Waals surface area contributed by atoms with E-state index < -0.39 is 5.91 Å². The third-order valence-electron chi connectivity index (χ3n) is 2.96. The van der Waals surface area contributed by atoms with Gasteiger partial charge in [-0.05, 0) is 24.3 Å². The van der Waals surface area contributed by atoms with Gasteiger partial charge in [0.1, 0.15) is 17.2 Å². The third-order valence-corrected chi connectivity index (χ3v) is 2.96. The van der Waals surface area contributed by atoms with E-state index in [-0.39, 0.29) is 22.7 Å². The van der Waals surface area contributed by atoms with Gasteiger partial charge in [0.15, 0.2) is 0 Å². The first-order valence-corrected chi connectivity index (χ1v) is 6.17. The van der Waals surface area contributed by atoms with Crippen LogP contribution in [0.15, 0.2) is 36.4 Å². The molecule has 0 unspecified atom stereocenters. The van der Waals surface area contributed by atoms with Crippen molar-refractivity contribution in [3.8, 4) is 17.2 Å². The van der Waals surface area contributed by atoms with E-state index in [1.165, 1.54) is 26.4 Å². The van der Waals surface area contributed by atoms with Gasteiger partial charge in [-0.25, -0.2) is 0 Å². The van der Waals surface area contributed by atoms with Gasteiger partial charge in [0.25, 0.3) is 5.91 Å². The van der Waals surface area contributed by atoms with Gasteiger partial charge in [-0.2, -0.15) is 0 Å². The summed E-state index contributed by atoms with van der Waals surface area (Å²) in [6.45, 7) is 0. The van der Waals surface area contributed by atoms with Crippen LogP contribution < -0.4 is 20.5 Å². The van der Waals surface area contributed by atoms with E-state index in [0.717, 1.165) is 0 Å². The Kier molecular flexibility index (Phi) is 4.18. The molecule has 0 spiro atoms. The Bertz CT molecular complexity index is 671. The average Bonchev–Trinajstić information content (AvgIpc) is 2.49. The van der Waals surface area contributed by atoms with Gasteiger partial charge in [-0.1, -0.05) is 0 Å². The number of carbonyl (C=O) groups excluding carboxylic acids is 1. The Morgan fingerprint density at radius 1 is 1.10 bits per heavy atom. The summed E-state index contributed by atoms with van der Waals surface area (Å²) in [5.74, 6) is 0.592. The number of aromatic hydroxyl groups is 1. The van der Waals surface area contributed by atoms with Crippen molar-refractivity contribution >= 4 is 17.3 Å². The number of nitrogen functional groups attached to an aromatic ring is 1. The SMILES string of the molecule is COc1ccc(C(=O)Nc2cc(OC)ccc2O)c(N)c1. The molecule has 0 fully saturated rings. The van der Waals surface area contributed by atoms with E-state index in [4.69, 9.17) is 15.2 Å². The maximum absolute atomic E-state index is 12.2. The van der Waals surface area contributed by atoms with Crippen LogP contribution in [0.2, 0.25) is 0 Å². The van der Waals surface area contributed by atoms with Crippen molar-refractivity contribution < 1.29 is 19.4 Å². The molecule has 0 aliphatic rings. The first kappa shape index (κ1) is 14.5. The highest BCUT2D eigenvalue weighted by molar-refractivity contribution is 6.08. The summed E-state index contributed by atoms with van der Waals surface area (Å²) < 4.78 is 10.1. The molecule has 0 atom stereocenters. The molecule has 4 N–H and O–H groups in total. The van der Waals surface area contributed by atoms with E-state index in [1.54, 1.807) is 24.3 Å². The van der Waals surface area contributed by atoms with Crippen molar-refractivity contribution in [2.75, 3.05) is 25.3 Å². The quantitative estimate of drug-likeness (QED) is 0.592. The third kappa shape index (κ3) is 3.17. The number of hydrogen-bond donors (Lipinski definition) is 3. The fourth-order valence-corrected chi connectivity index (χ4v) is 1.81. The zero-order valence-corrected chi connectivity index (χ0v) is 11.7. The number of carbonyl (C=O) groups is 1. The molecule has 21 heavy (non-hydrogen) atoms. The number of rotatable bonds is 4. The van der Waals surface area contributed by atoms with E-state index in [9.17, 15) is 9.90 Å². The van der Waals surface area contributed by atoms with Crippen molar-refractivity contribution in [2.24, 2.45) is 0 Å². The highest BCUT2D eigenvalue weighted by atomic mass is 16.5. The first-order chi connectivity index (χ1) is 10.0. The Labute approximate surface area is 122 Å². The molecule has 0 aliphatic heterocycles. The smallest absolute Gasteiger partial charge is 0.257 e. The zero-order chi connectivity index (χ0) is 15.4. The van der Waals surface area contributed by atoms with Crippen LogP contribution in [0.5, 0.6) is 17.2 Å². The molecule has 0 saturated heterocycles. The Hall–Kier alpha value is -2.89. The Morgan fingerprint density at radius 2 is 1.71 bits per heavy atom. The fourth-order valence-electron chi connectivity index (χ4n) is 1.81. The van der Waals surface area contributed by atoms with E-state index in [2.05, 4.69) is 5.32 Å². The van der Waals surface area contributed by atoms with Crippen LogP contribution in [0.25, 0.3) is 0 Å².